The summed E-state index contributed by atoms with van der Waals surface area (Å²) < 4.78 is 19.4. The van der Waals surface area contributed by atoms with E-state index >= 15 is 0 Å². The quantitative estimate of drug-likeness (QED) is 0.112. The number of thioether (sulfide) groups is 1. The monoisotopic (exact) mass is 548 g/mol. The Balaban J connectivity index is 1.72. The number of unbranched alkanes of at least 4 members (excludes halogenated alkanes) is 1. The first-order valence-corrected chi connectivity index (χ1v) is 14.2. The Morgan fingerprint density at radius 3 is 2.72 bits per heavy atom. The molecule has 0 radical (unpaired) electrons. The van der Waals surface area contributed by atoms with Crippen LogP contribution in [0.3, 0.4) is 0 Å². The lowest BCUT2D eigenvalue weighted by Gasteiger charge is -2.28. The number of nitrogens with zero attached hydrogens (tertiary/aromatic N) is 3. The zero-order chi connectivity index (χ0) is 27.8. The van der Waals surface area contributed by atoms with E-state index in [0.717, 1.165) is 35.3 Å². The van der Waals surface area contributed by atoms with Crippen LogP contribution in [-0.4, -0.2) is 39.7 Å². The number of allylic oxidation sites excluding steroid dienone is 1. The Morgan fingerprint density at radius 2 is 1.97 bits per heavy atom. The van der Waals surface area contributed by atoms with Crippen LogP contribution in [-0.2, 0) is 16.1 Å². The maximum absolute atomic E-state index is 13.3. The number of benzene rings is 2. The Hall–Kier alpha value is -3.72. The first-order chi connectivity index (χ1) is 19.0. The standard InChI is InChI=1S/C30H36N4O4S/c1-6-9-17-39-30-32-29-31-21(5)26(28(35)37-16-7-2)27(34(29)33-30)22-14-15-24(25(18-22)36-8-3)38-19-23-13-11-10-12-20(23)4/h7,10-15,18,27H,2,6,8-9,16-17,19H2,1,3-5H3,(H,31,32,33). The van der Waals surface area contributed by atoms with E-state index in [1.165, 1.54) is 0 Å². The summed E-state index contributed by atoms with van der Waals surface area (Å²) in [5.74, 6) is 2.28. The largest absolute Gasteiger partial charge is 0.490 e. The molecule has 1 aliphatic rings. The summed E-state index contributed by atoms with van der Waals surface area (Å²) in [6, 6.07) is 13.3. The first kappa shape index (κ1) is 28.3. The minimum Gasteiger partial charge on any atom is -0.490 e. The van der Waals surface area contributed by atoms with Crippen molar-refractivity contribution in [3.63, 3.8) is 0 Å². The van der Waals surface area contributed by atoms with Gasteiger partial charge in [0.25, 0.3) is 0 Å². The van der Waals surface area contributed by atoms with Crippen LogP contribution in [0.5, 0.6) is 11.5 Å². The number of carbonyl (C=O) groups is 1. The first-order valence-electron chi connectivity index (χ1n) is 13.3. The number of rotatable bonds is 13. The Bertz CT molecular complexity index is 1350. The fraction of sp³-hybridized carbons (Fsp3) is 0.367. The van der Waals surface area contributed by atoms with E-state index in [4.69, 9.17) is 24.3 Å². The molecule has 0 amide bonds. The van der Waals surface area contributed by atoms with Crippen LogP contribution in [0, 0.1) is 6.92 Å². The smallest absolute Gasteiger partial charge is 0.338 e. The van der Waals surface area contributed by atoms with E-state index in [2.05, 4.69) is 37.9 Å². The summed E-state index contributed by atoms with van der Waals surface area (Å²) in [5, 5.41) is 8.69. The average molecular weight is 549 g/mol. The minimum absolute atomic E-state index is 0.112. The Kier molecular flexibility index (Phi) is 9.70. The number of esters is 1. The van der Waals surface area contributed by atoms with Gasteiger partial charge in [0.15, 0.2) is 11.5 Å². The number of anilines is 1. The lowest BCUT2D eigenvalue weighted by atomic mass is 9.95. The van der Waals surface area contributed by atoms with Gasteiger partial charge in [-0.05, 0) is 56.0 Å². The Labute approximate surface area is 234 Å². The second kappa shape index (κ2) is 13.4. The van der Waals surface area contributed by atoms with Crippen molar-refractivity contribution >= 4 is 23.7 Å². The van der Waals surface area contributed by atoms with Crippen molar-refractivity contribution in [1.82, 2.24) is 14.8 Å². The van der Waals surface area contributed by atoms with Crippen LogP contribution in [0.25, 0.3) is 0 Å². The molecule has 206 valence electrons. The molecule has 4 rings (SSSR count). The molecule has 1 aliphatic heterocycles. The van der Waals surface area contributed by atoms with Crippen molar-refractivity contribution in [2.45, 2.75) is 58.3 Å². The average Bonchev–Trinajstić information content (AvgIpc) is 3.33. The number of fused-ring (bicyclic) bond motifs is 1. The number of ether oxygens (including phenoxy) is 3. The summed E-state index contributed by atoms with van der Waals surface area (Å²) in [7, 11) is 0. The normalized spacial score (nSPS) is 14.4. The molecule has 8 nitrogen and oxygen atoms in total. The second-order valence-corrected chi connectivity index (χ2v) is 10.2. The van der Waals surface area contributed by atoms with Gasteiger partial charge in [0.2, 0.25) is 11.1 Å². The topological polar surface area (TPSA) is 87.5 Å². The van der Waals surface area contributed by atoms with Gasteiger partial charge in [0.05, 0.1) is 12.2 Å². The van der Waals surface area contributed by atoms with Crippen LogP contribution in [0.15, 0.2) is 71.5 Å². The number of hydrogen-bond donors (Lipinski definition) is 1. The molecule has 2 heterocycles. The molecule has 1 N–H and O–H groups in total. The highest BCUT2D eigenvalue weighted by Crippen LogP contribution is 2.40. The van der Waals surface area contributed by atoms with Gasteiger partial charge in [-0.1, -0.05) is 68.1 Å². The van der Waals surface area contributed by atoms with E-state index in [-0.39, 0.29) is 6.61 Å². The van der Waals surface area contributed by atoms with Gasteiger partial charge < -0.3 is 19.5 Å². The molecule has 0 fully saturated rings. The second-order valence-electron chi connectivity index (χ2n) is 9.17. The molecule has 9 heteroatoms. The maximum atomic E-state index is 13.3. The van der Waals surface area contributed by atoms with Gasteiger partial charge in [0.1, 0.15) is 19.3 Å². The molecule has 0 bridgehead atoms. The van der Waals surface area contributed by atoms with Crippen LogP contribution in [0.1, 0.15) is 56.3 Å². The van der Waals surface area contributed by atoms with E-state index in [0.29, 0.717) is 47.1 Å². The third-order valence-electron chi connectivity index (χ3n) is 6.34. The predicted molar refractivity (Wildman–Crippen MR) is 154 cm³/mol. The lowest BCUT2D eigenvalue weighted by molar-refractivity contribution is -0.138. The van der Waals surface area contributed by atoms with Gasteiger partial charge in [-0.15, -0.1) is 5.10 Å². The number of nitrogens with one attached hydrogen (secondary N) is 1. The van der Waals surface area contributed by atoms with Crippen LogP contribution >= 0.6 is 11.8 Å². The molecule has 1 unspecified atom stereocenters. The summed E-state index contributed by atoms with van der Waals surface area (Å²) in [6.45, 7) is 12.7. The fourth-order valence-corrected chi connectivity index (χ4v) is 5.21. The third-order valence-corrected chi connectivity index (χ3v) is 7.27. The summed E-state index contributed by atoms with van der Waals surface area (Å²) in [6.07, 6.45) is 3.72. The SMILES string of the molecule is C=CCOC(=O)C1=C(C)Nc2nc(SCCCC)nn2C1c1ccc(OCc2ccccc2C)c(OCC)c1. The number of carbonyl (C=O) groups excluding carboxylic acids is 1. The molecule has 0 aliphatic carbocycles. The molecule has 39 heavy (non-hydrogen) atoms. The maximum Gasteiger partial charge on any atom is 0.338 e. The van der Waals surface area contributed by atoms with E-state index in [9.17, 15) is 4.79 Å². The van der Waals surface area contributed by atoms with Crippen LogP contribution < -0.4 is 14.8 Å². The van der Waals surface area contributed by atoms with Gasteiger partial charge in [-0.3, -0.25) is 0 Å². The highest BCUT2D eigenvalue weighted by Gasteiger charge is 2.35. The molecule has 0 saturated carbocycles. The van der Waals surface area contributed by atoms with E-state index in [1.807, 2.05) is 44.2 Å². The van der Waals surface area contributed by atoms with Gasteiger partial charge >= 0.3 is 5.97 Å². The van der Waals surface area contributed by atoms with E-state index in [1.54, 1.807) is 22.5 Å². The minimum atomic E-state index is -0.559. The van der Waals surface area contributed by atoms with Crippen molar-refractivity contribution in [3.05, 3.63) is 83.1 Å². The van der Waals surface area contributed by atoms with Gasteiger partial charge in [-0.2, -0.15) is 4.98 Å². The molecule has 1 aromatic heterocycles. The zero-order valence-corrected chi connectivity index (χ0v) is 23.8. The van der Waals surface area contributed by atoms with Gasteiger partial charge in [-0.25, -0.2) is 9.48 Å². The molecular formula is C30H36N4O4S. The van der Waals surface area contributed by atoms with Crippen molar-refractivity contribution in [1.29, 1.82) is 0 Å². The highest BCUT2D eigenvalue weighted by atomic mass is 32.2. The summed E-state index contributed by atoms with van der Waals surface area (Å²) >= 11 is 1.60. The summed E-state index contributed by atoms with van der Waals surface area (Å²) in [5.41, 5.74) is 4.20. The number of hydrogen-bond acceptors (Lipinski definition) is 8. The van der Waals surface area contributed by atoms with Crippen molar-refractivity contribution in [2.75, 3.05) is 24.3 Å². The predicted octanol–water partition coefficient (Wildman–Crippen LogP) is 6.47. The Morgan fingerprint density at radius 1 is 1.15 bits per heavy atom. The molecule has 1 atom stereocenters. The number of aryl methyl sites for hydroxylation is 1. The van der Waals surface area contributed by atoms with Crippen LogP contribution in [0.4, 0.5) is 5.95 Å². The molecular weight excluding hydrogens is 512 g/mol. The van der Waals surface area contributed by atoms with Crippen molar-refractivity contribution < 1.29 is 19.0 Å². The molecule has 0 spiro atoms. The third kappa shape index (κ3) is 6.65. The lowest BCUT2D eigenvalue weighted by Crippen LogP contribution is -2.29. The van der Waals surface area contributed by atoms with Crippen LogP contribution in [0.2, 0.25) is 0 Å². The molecule has 0 saturated heterocycles. The van der Waals surface area contributed by atoms with E-state index < -0.39 is 12.0 Å². The molecule has 2 aromatic carbocycles. The zero-order valence-electron chi connectivity index (χ0n) is 23.0. The summed E-state index contributed by atoms with van der Waals surface area (Å²) in [4.78, 5) is 18.0. The van der Waals surface area contributed by atoms with Crippen molar-refractivity contribution in [3.8, 4) is 11.5 Å². The molecule has 3 aromatic rings. The fourth-order valence-electron chi connectivity index (χ4n) is 4.30. The van der Waals surface area contributed by atoms with Crippen molar-refractivity contribution in [2.24, 2.45) is 0 Å². The van der Waals surface area contributed by atoms with Gasteiger partial charge in [0, 0.05) is 11.4 Å². The number of aromatic nitrogens is 3. The highest BCUT2D eigenvalue weighted by molar-refractivity contribution is 7.99.